The van der Waals surface area contributed by atoms with E-state index in [1.807, 2.05) is 22.6 Å². The summed E-state index contributed by atoms with van der Waals surface area (Å²) >= 11 is 6.74. The summed E-state index contributed by atoms with van der Waals surface area (Å²) in [4.78, 5) is 28.1. The van der Waals surface area contributed by atoms with Gasteiger partial charge in [0.1, 0.15) is 5.15 Å². The van der Waals surface area contributed by atoms with Crippen molar-refractivity contribution < 1.29 is 4.79 Å². The van der Waals surface area contributed by atoms with Gasteiger partial charge >= 0.3 is 0 Å². The van der Waals surface area contributed by atoms with Gasteiger partial charge in [-0.05, 0) is 38.3 Å². The Kier molecular flexibility index (Phi) is 6.77. The molecule has 0 saturated carbocycles. The summed E-state index contributed by atoms with van der Waals surface area (Å²) in [7, 11) is 0. The number of likely N-dealkylation sites (tertiary alicyclic amines) is 1. The highest BCUT2D eigenvalue weighted by Crippen LogP contribution is 2.37. The fourth-order valence-corrected chi connectivity index (χ4v) is 5.01. The molecule has 2 fully saturated rings. The summed E-state index contributed by atoms with van der Waals surface area (Å²) in [5.74, 6) is 1.40. The molecule has 2 aromatic heterocycles. The highest BCUT2D eigenvalue weighted by Gasteiger charge is 2.34. The van der Waals surface area contributed by atoms with Crippen molar-refractivity contribution in [3.05, 3.63) is 34.9 Å². The maximum Gasteiger partial charge on any atom is 0.236 e. The predicted molar refractivity (Wildman–Crippen MR) is 121 cm³/mol. The summed E-state index contributed by atoms with van der Waals surface area (Å²) in [5.41, 5.74) is 2.07. The van der Waals surface area contributed by atoms with Gasteiger partial charge in [-0.2, -0.15) is 5.10 Å². The number of hydrogen-bond donors (Lipinski definition) is 0. The third kappa shape index (κ3) is 4.85. The number of piperazine rings is 1. The van der Waals surface area contributed by atoms with Gasteiger partial charge in [-0.1, -0.05) is 25.4 Å². The smallest absolute Gasteiger partial charge is 0.236 e. The Labute approximate surface area is 189 Å². The monoisotopic (exact) mass is 445 g/mol. The lowest BCUT2D eigenvalue weighted by Crippen LogP contribution is -2.51. The van der Waals surface area contributed by atoms with Crippen molar-refractivity contribution in [2.45, 2.75) is 46.2 Å². The molecule has 0 radical (unpaired) electrons. The number of nitrogens with zero attached hydrogens (tertiary/aromatic N) is 7. The van der Waals surface area contributed by atoms with Crippen molar-refractivity contribution in [2.75, 3.05) is 44.2 Å². The van der Waals surface area contributed by atoms with Crippen LogP contribution in [0.4, 0.5) is 5.95 Å². The largest absolute Gasteiger partial charge is 0.338 e. The first-order chi connectivity index (χ1) is 14.9. The van der Waals surface area contributed by atoms with Crippen LogP contribution in [0, 0.1) is 12.8 Å². The number of carbonyl (C=O) groups is 1. The standard InChI is InChI=1S/C22H32ClN7O/c1-16(2)14-30-21(23)20(17(3)26-30)18-6-4-9-29(18)15-19(31)27-10-12-28(13-11-27)22-24-7-5-8-25-22/h5,7-8,16,18H,4,6,9-15H2,1-3H3. The number of halogens is 1. The second-order valence-electron chi connectivity index (χ2n) is 8.91. The Hall–Kier alpha value is -2.19. The van der Waals surface area contributed by atoms with Crippen LogP contribution >= 0.6 is 11.6 Å². The van der Waals surface area contributed by atoms with Crippen LogP contribution < -0.4 is 4.90 Å². The molecule has 31 heavy (non-hydrogen) atoms. The fourth-order valence-electron chi connectivity index (χ4n) is 4.64. The molecular weight excluding hydrogens is 414 g/mol. The van der Waals surface area contributed by atoms with Crippen molar-refractivity contribution in [3.63, 3.8) is 0 Å². The van der Waals surface area contributed by atoms with Gasteiger partial charge in [0.15, 0.2) is 0 Å². The molecule has 0 spiro atoms. The van der Waals surface area contributed by atoms with E-state index in [9.17, 15) is 4.79 Å². The number of hydrogen-bond acceptors (Lipinski definition) is 6. The Morgan fingerprint density at radius 3 is 2.55 bits per heavy atom. The van der Waals surface area contributed by atoms with E-state index < -0.39 is 0 Å². The van der Waals surface area contributed by atoms with Gasteiger partial charge in [0.25, 0.3) is 0 Å². The molecule has 0 aliphatic carbocycles. The van der Waals surface area contributed by atoms with Crippen LogP contribution in [0.15, 0.2) is 18.5 Å². The van der Waals surface area contributed by atoms with Crippen molar-refractivity contribution >= 4 is 23.5 Å². The zero-order valence-corrected chi connectivity index (χ0v) is 19.4. The minimum Gasteiger partial charge on any atom is -0.338 e. The van der Waals surface area contributed by atoms with Crippen molar-refractivity contribution in [3.8, 4) is 0 Å². The molecule has 1 unspecified atom stereocenters. The molecule has 2 aromatic rings. The fraction of sp³-hybridized carbons (Fsp3) is 0.636. The van der Waals surface area contributed by atoms with Crippen LogP contribution in [0.2, 0.25) is 5.15 Å². The Bertz CT molecular complexity index is 893. The predicted octanol–water partition coefficient (Wildman–Crippen LogP) is 2.78. The van der Waals surface area contributed by atoms with Gasteiger partial charge in [-0.25, -0.2) is 9.97 Å². The normalized spacial score (nSPS) is 20.1. The molecule has 1 atom stereocenters. The zero-order chi connectivity index (χ0) is 22.0. The Morgan fingerprint density at radius 1 is 1.16 bits per heavy atom. The first kappa shape index (κ1) is 22.0. The van der Waals surface area contributed by atoms with E-state index in [1.165, 1.54) is 0 Å². The van der Waals surface area contributed by atoms with Crippen molar-refractivity contribution in [2.24, 2.45) is 5.92 Å². The lowest BCUT2D eigenvalue weighted by Gasteiger charge is -2.36. The summed E-state index contributed by atoms with van der Waals surface area (Å²) in [5, 5.41) is 5.41. The first-order valence-electron chi connectivity index (χ1n) is 11.2. The molecule has 0 N–H and O–H groups in total. The molecule has 4 rings (SSSR count). The Morgan fingerprint density at radius 2 is 1.87 bits per heavy atom. The molecular formula is C22H32ClN7O. The third-order valence-corrected chi connectivity index (χ3v) is 6.55. The average Bonchev–Trinajstić information content (AvgIpc) is 3.31. The quantitative estimate of drug-likeness (QED) is 0.680. The van der Waals surface area contributed by atoms with Gasteiger partial charge in [-0.15, -0.1) is 0 Å². The number of rotatable bonds is 6. The second kappa shape index (κ2) is 9.53. The van der Waals surface area contributed by atoms with Crippen LogP contribution in [-0.4, -0.2) is 74.7 Å². The molecule has 2 aliphatic rings. The summed E-state index contributed by atoms with van der Waals surface area (Å²) in [6.07, 6.45) is 5.59. The van der Waals surface area contributed by atoms with Gasteiger partial charge in [0.05, 0.1) is 12.2 Å². The van der Waals surface area contributed by atoms with Crippen LogP contribution in [0.25, 0.3) is 0 Å². The molecule has 9 heteroatoms. The van der Waals surface area contributed by atoms with E-state index in [4.69, 9.17) is 11.6 Å². The Balaban J connectivity index is 1.38. The van der Waals surface area contributed by atoms with E-state index in [0.29, 0.717) is 25.6 Å². The minimum absolute atomic E-state index is 0.163. The van der Waals surface area contributed by atoms with Crippen molar-refractivity contribution in [1.29, 1.82) is 0 Å². The summed E-state index contributed by atoms with van der Waals surface area (Å²) in [6, 6.07) is 1.98. The number of carbonyl (C=O) groups excluding carboxylic acids is 1. The van der Waals surface area contributed by atoms with Crippen LogP contribution in [0.5, 0.6) is 0 Å². The third-order valence-electron chi connectivity index (χ3n) is 6.15. The van der Waals surface area contributed by atoms with E-state index >= 15 is 0 Å². The molecule has 0 bridgehead atoms. The molecule has 2 aliphatic heterocycles. The molecule has 168 valence electrons. The highest BCUT2D eigenvalue weighted by molar-refractivity contribution is 6.30. The first-order valence-corrected chi connectivity index (χ1v) is 11.6. The second-order valence-corrected chi connectivity index (χ2v) is 9.27. The molecule has 8 nitrogen and oxygen atoms in total. The van der Waals surface area contributed by atoms with Crippen molar-refractivity contribution in [1.82, 2.24) is 29.5 Å². The minimum atomic E-state index is 0.163. The van der Waals surface area contributed by atoms with E-state index in [2.05, 4.69) is 38.7 Å². The molecule has 1 amide bonds. The number of anilines is 1. The number of aryl methyl sites for hydroxylation is 1. The van der Waals surface area contributed by atoms with E-state index in [0.717, 1.165) is 61.4 Å². The SMILES string of the molecule is Cc1nn(CC(C)C)c(Cl)c1C1CCCN1CC(=O)N1CCN(c2ncccn2)CC1. The maximum atomic E-state index is 13.1. The molecule has 0 aromatic carbocycles. The summed E-state index contributed by atoms with van der Waals surface area (Å²) in [6.45, 7) is 11.4. The molecule has 2 saturated heterocycles. The highest BCUT2D eigenvalue weighted by atomic mass is 35.5. The van der Waals surface area contributed by atoms with Crippen LogP contribution in [-0.2, 0) is 11.3 Å². The van der Waals surface area contributed by atoms with Gasteiger partial charge in [0.2, 0.25) is 11.9 Å². The van der Waals surface area contributed by atoms with E-state index in [1.54, 1.807) is 12.4 Å². The van der Waals surface area contributed by atoms with Crippen LogP contribution in [0.1, 0.15) is 44.0 Å². The van der Waals surface area contributed by atoms with Gasteiger partial charge in [0, 0.05) is 56.7 Å². The van der Waals surface area contributed by atoms with Crippen LogP contribution in [0.3, 0.4) is 0 Å². The average molecular weight is 446 g/mol. The summed E-state index contributed by atoms with van der Waals surface area (Å²) < 4.78 is 1.92. The topological polar surface area (TPSA) is 70.4 Å². The zero-order valence-electron chi connectivity index (χ0n) is 18.7. The van der Waals surface area contributed by atoms with Gasteiger partial charge < -0.3 is 9.80 Å². The van der Waals surface area contributed by atoms with E-state index in [-0.39, 0.29) is 11.9 Å². The van der Waals surface area contributed by atoms with Gasteiger partial charge in [-0.3, -0.25) is 14.4 Å². The molecule has 4 heterocycles. The number of amides is 1. The lowest BCUT2D eigenvalue weighted by atomic mass is 10.1. The number of aromatic nitrogens is 4. The maximum absolute atomic E-state index is 13.1. The lowest BCUT2D eigenvalue weighted by molar-refractivity contribution is -0.133.